The van der Waals surface area contributed by atoms with Gasteiger partial charge in [0.25, 0.3) is 0 Å². The highest BCUT2D eigenvalue weighted by Crippen LogP contribution is 2.49. The van der Waals surface area contributed by atoms with Crippen molar-refractivity contribution in [2.24, 2.45) is 22.7 Å². The van der Waals surface area contributed by atoms with Gasteiger partial charge in [-0.3, -0.25) is 19.2 Å². The molecule has 0 spiro atoms. The van der Waals surface area contributed by atoms with E-state index in [1.165, 1.54) is 7.11 Å². The van der Waals surface area contributed by atoms with Crippen molar-refractivity contribution in [1.29, 1.82) is 0 Å². The number of ether oxygens (including phenoxy) is 1. The van der Waals surface area contributed by atoms with Gasteiger partial charge in [-0.15, -0.1) is 0 Å². The van der Waals surface area contributed by atoms with Crippen molar-refractivity contribution < 1.29 is 29.0 Å². The van der Waals surface area contributed by atoms with Gasteiger partial charge < -0.3 is 9.84 Å². The third kappa shape index (κ3) is 4.05. The van der Waals surface area contributed by atoms with E-state index in [0.717, 1.165) is 0 Å². The summed E-state index contributed by atoms with van der Waals surface area (Å²) in [5.41, 5.74) is -0.685. The van der Waals surface area contributed by atoms with Gasteiger partial charge in [-0.1, -0.05) is 39.8 Å². The first kappa shape index (κ1) is 22.2. The molecule has 0 aromatic heterocycles. The van der Waals surface area contributed by atoms with Crippen molar-refractivity contribution in [1.82, 2.24) is 0 Å². The van der Waals surface area contributed by atoms with E-state index in [4.69, 9.17) is 4.74 Å². The fraction of sp³-hybridized carbons (Fsp3) is 0.583. The van der Waals surface area contributed by atoms with Crippen LogP contribution in [0.5, 0.6) is 11.5 Å². The first-order valence-electron chi connectivity index (χ1n) is 10.3. The maximum Gasteiger partial charge on any atom is 0.161 e. The molecule has 0 atom stereocenters. The molecule has 0 saturated heterocycles. The number of para-hydroxylation sites is 1. The molecule has 0 unspecified atom stereocenters. The molecule has 2 saturated carbocycles. The van der Waals surface area contributed by atoms with Crippen LogP contribution in [0.3, 0.4) is 0 Å². The van der Waals surface area contributed by atoms with E-state index in [1.807, 2.05) is 27.7 Å². The molecule has 3 rings (SSSR count). The summed E-state index contributed by atoms with van der Waals surface area (Å²) in [6.07, 6.45) is 0.743. The normalized spacial score (nSPS) is 22.6. The highest BCUT2D eigenvalue weighted by molar-refractivity contribution is 6.11. The number of carbonyl (C=O) groups is 4. The number of carbonyl (C=O) groups excluding carboxylic acids is 4. The number of benzene rings is 1. The number of phenolic OH excluding ortho intramolecular Hbond substituents is 1. The minimum Gasteiger partial charge on any atom is -0.504 e. The Morgan fingerprint density at radius 2 is 1.23 bits per heavy atom. The zero-order chi connectivity index (χ0) is 22.4. The molecule has 2 aliphatic rings. The van der Waals surface area contributed by atoms with Gasteiger partial charge in [-0.2, -0.15) is 0 Å². The number of hydrogen-bond acceptors (Lipinski definition) is 6. The zero-order valence-corrected chi connectivity index (χ0v) is 18.3. The standard InChI is InChI=1S/C24H30O6/c1-23(2)9-14(25)20(15(26)10-23)19(13-7-6-8-18(30-5)22(13)29)21-16(27)11-24(3,4)12-17(21)28/h6-8,19-21,29H,9-12H2,1-5H3. The fourth-order valence-electron chi connectivity index (χ4n) is 5.14. The summed E-state index contributed by atoms with van der Waals surface area (Å²) in [6, 6.07) is 4.75. The molecule has 162 valence electrons. The molecule has 0 bridgehead atoms. The maximum atomic E-state index is 13.1. The smallest absolute Gasteiger partial charge is 0.161 e. The first-order valence-corrected chi connectivity index (χ1v) is 10.3. The van der Waals surface area contributed by atoms with E-state index in [9.17, 15) is 24.3 Å². The topological polar surface area (TPSA) is 97.7 Å². The summed E-state index contributed by atoms with van der Waals surface area (Å²) in [7, 11) is 1.40. The van der Waals surface area contributed by atoms with E-state index < -0.39 is 28.6 Å². The van der Waals surface area contributed by atoms with Crippen LogP contribution in [0, 0.1) is 22.7 Å². The SMILES string of the molecule is COc1cccc(C(C2C(=O)CC(C)(C)CC2=O)C2C(=O)CC(C)(C)CC2=O)c1O. The predicted octanol–water partition coefficient (Wildman–Crippen LogP) is 3.63. The molecular weight excluding hydrogens is 384 g/mol. The lowest BCUT2D eigenvalue weighted by atomic mass is 9.59. The molecule has 0 aliphatic heterocycles. The number of aromatic hydroxyl groups is 1. The summed E-state index contributed by atoms with van der Waals surface area (Å²) >= 11 is 0. The average Bonchev–Trinajstić information content (AvgIpc) is 2.57. The average molecular weight is 414 g/mol. The Morgan fingerprint density at radius 1 is 0.833 bits per heavy atom. The Balaban J connectivity index is 2.16. The largest absolute Gasteiger partial charge is 0.504 e. The number of methoxy groups -OCH3 is 1. The summed E-state index contributed by atoms with van der Waals surface area (Å²) < 4.78 is 5.19. The Bertz CT molecular complexity index is 822. The van der Waals surface area contributed by atoms with Crippen LogP contribution in [0.25, 0.3) is 0 Å². The summed E-state index contributed by atoms with van der Waals surface area (Å²) in [5.74, 6) is -4.48. The number of phenols is 1. The third-order valence-electron chi connectivity index (χ3n) is 6.33. The number of ketones is 4. The summed E-state index contributed by atoms with van der Waals surface area (Å²) in [5, 5.41) is 10.8. The lowest BCUT2D eigenvalue weighted by Crippen LogP contribution is -2.48. The van der Waals surface area contributed by atoms with E-state index in [-0.39, 0.29) is 65.9 Å². The third-order valence-corrected chi connectivity index (χ3v) is 6.33. The quantitative estimate of drug-likeness (QED) is 0.756. The van der Waals surface area contributed by atoms with Crippen molar-refractivity contribution in [3.8, 4) is 11.5 Å². The van der Waals surface area contributed by atoms with Crippen LogP contribution in [-0.2, 0) is 19.2 Å². The van der Waals surface area contributed by atoms with Crippen molar-refractivity contribution >= 4 is 23.1 Å². The first-order chi connectivity index (χ1) is 13.9. The van der Waals surface area contributed by atoms with Gasteiger partial charge in [0.05, 0.1) is 18.9 Å². The second kappa shape index (κ2) is 7.64. The molecule has 1 aromatic rings. The Hall–Kier alpha value is -2.50. The van der Waals surface area contributed by atoms with E-state index >= 15 is 0 Å². The van der Waals surface area contributed by atoms with Gasteiger partial charge in [0.15, 0.2) is 11.5 Å². The molecule has 6 heteroatoms. The van der Waals surface area contributed by atoms with Gasteiger partial charge in [-0.25, -0.2) is 0 Å². The van der Waals surface area contributed by atoms with Crippen LogP contribution in [-0.4, -0.2) is 35.3 Å². The summed E-state index contributed by atoms with van der Waals surface area (Å²) in [4.78, 5) is 52.5. The molecular formula is C24H30O6. The van der Waals surface area contributed by atoms with Gasteiger partial charge in [-0.05, 0) is 16.9 Å². The van der Waals surface area contributed by atoms with E-state index in [2.05, 4.69) is 0 Å². The second-order valence-electron chi connectivity index (χ2n) is 10.3. The molecule has 0 radical (unpaired) electrons. The molecule has 1 N–H and O–H groups in total. The molecule has 2 fully saturated rings. The molecule has 0 heterocycles. The van der Waals surface area contributed by atoms with Crippen LogP contribution in [0.4, 0.5) is 0 Å². The van der Waals surface area contributed by atoms with Gasteiger partial charge in [0, 0.05) is 37.2 Å². The molecule has 6 nitrogen and oxygen atoms in total. The van der Waals surface area contributed by atoms with Crippen LogP contribution in [0.1, 0.15) is 64.9 Å². The van der Waals surface area contributed by atoms with Crippen LogP contribution >= 0.6 is 0 Å². The Kier molecular flexibility index (Phi) is 5.65. The maximum absolute atomic E-state index is 13.1. The number of hydrogen-bond donors (Lipinski definition) is 1. The lowest BCUT2D eigenvalue weighted by molar-refractivity contribution is -0.145. The minimum absolute atomic E-state index is 0.171. The monoisotopic (exact) mass is 414 g/mol. The minimum atomic E-state index is -1.13. The molecule has 30 heavy (non-hydrogen) atoms. The van der Waals surface area contributed by atoms with E-state index in [1.54, 1.807) is 18.2 Å². The van der Waals surface area contributed by atoms with Crippen LogP contribution in [0.2, 0.25) is 0 Å². The van der Waals surface area contributed by atoms with Crippen molar-refractivity contribution in [2.45, 2.75) is 59.3 Å². The Morgan fingerprint density at radius 3 is 1.60 bits per heavy atom. The Labute approximate surface area is 177 Å². The van der Waals surface area contributed by atoms with Crippen molar-refractivity contribution in [2.75, 3.05) is 7.11 Å². The van der Waals surface area contributed by atoms with Crippen molar-refractivity contribution in [3.63, 3.8) is 0 Å². The zero-order valence-electron chi connectivity index (χ0n) is 18.3. The summed E-state index contributed by atoms with van der Waals surface area (Å²) in [6.45, 7) is 7.43. The van der Waals surface area contributed by atoms with Gasteiger partial charge in [0.1, 0.15) is 23.1 Å². The highest BCUT2D eigenvalue weighted by atomic mass is 16.5. The number of rotatable bonds is 4. The van der Waals surface area contributed by atoms with Gasteiger partial charge in [0.2, 0.25) is 0 Å². The second-order valence-corrected chi connectivity index (χ2v) is 10.3. The fourth-order valence-corrected chi connectivity index (χ4v) is 5.14. The molecule has 0 amide bonds. The number of Topliss-reactive ketones (excluding diaryl/α,β-unsaturated/α-hetero) is 4. The van der Waals surface area contributed by atoms with Crippen LogP contribution < -0.4 is 4.74 Å². The van der Waals surface area contributed by atoms with Crippen LogP contribution in [0.15, 0.2) is 18.2 Å². The predicted molar refractivity (Wildman–Crippen MR) is 110 cm³/mol. The van der Waals surface area contributed by atoms with Gasteiger partial charge >= 0.3 is 0 Å². The van der Waals surface area contributed by atoms with E-state index in [0.29, 0.717) is 0 Å². The lowest BCUT2D eigenvalue weighted by Gasteiger charge is -2.41. The molecule has 1 aromatic carbocycles. The van der Waals surface area contributed by atoms with Crippen molar-refractivity contribution in [3.05, 3.63) is 23.8 Å². The highest BCUT2D eigenvalue weighted by Gasteiger charge is 2.52. The molecule has 2 aliphatic carbocycles.